The molecule has 32 heavy (non-hydrogen) atoms. The number of aromatic nitrogens is 2. The topological polar surface area (TPSA) is 85.2 Å². The van der Waals surface area contributed by atoms with Crippen molar-refractivity contribution in [1.29, 1.82) is 0 Å². The number of carbonyl (C=O) groups excluding carboxylic acids is 2. The van der Waals surface area contributed by atoms with Crippen LogP contribution in [0.3, 0.4) is 0 Å². The number of aryl methyl sites for hydroxylation is 1. The van der Waals surface area contributed by atoms with Gasteiger partial charge < -0.3 is 19.9 Å². The Bertz CT molecular complexity index is 997. The van der Waals surface area contributed by atoms with E-state index < -0.39 is 0 Å². The minimum absolute atomic E-state index is 0.154. The lowest BCUT2D eigenvalue weighted by Crippen LogP contribution is -2.32. The molecule has 3 aromatic rings. The van der Waals surface area contributed by atoms with Gasteiger partial charge in [0.1, 0.15) is 5.82 Å². The number of anilines is 1. The third-order valence-corrected chi connectivity index (χ3v) is 5.01. The Morgan fingerprint density at radius 1 is 1.22 bits per heavy atom. The smallest absolute Gasteiger partial charge is 0.253 e. The van der Waals surface area contributed by atoms with Gasteiger partial charge in [-0.05, 0) is 43.2 Å². The monoisotopic (exact) mass is 460 g/mol. The molecule has 1 fully saturated rings. The van der Waals surface area contributed by atoms with Gasteiger partial charge in [-0.1, -0.05) is 13.8 Å². The van der Waals surface area contributed by atoms with E-state index in [1.54, 1.807) is 47.6 Å². The van der Waals surface area contributed by atoms with Gasteiger partial charge in [-0.15, -0.1) is 11.3 Å². The van der Waals surface area contributed by atoms with Crippen LogP contribution in [0.15, 0.2) is 48.1 Å². The van der Waals surface area contributed by atoms with Crippen molar-refractivity contribution in [1.82, 2.24) is 14.9 Å². The normalized spacial score (nSPS) is 12.0. The largest absolute Gasteiger partial charge is 0.381 e. The number of nitrogens with zero attached hydrogens (tertiary/aromatic N) is 2. The third-order valence-electron chi connectivity index (χ3n) is 4.25. The van der Waals surface area contributed by atoms with Crippen LogP contribution in [-0.2, 0) is 16.6 Å². The summed E-state index contributed by atoms with van der Waals surface area (Å²) in [7, 11) is 3.57. The molecule has 2 amide bonds. The maximum Gasteiger partial charge on any atom is 0.253 e. The molecule has 1 saturated carbocycles. The summed E-state index contributed by atoms with van der Waals surface area (Å²) in [5.74, 6) is -1.01. The van der Waals surface area contributed by atoms with Crippen molar-refractivity contribution in [3.63, 3.8) is 0 Å². The first-order chi connectivity index (χ1) is 15.4. The second kappa shape index (κ2) is 12.7. The van der Waals surface area contributed by atoms with E-state index in [2.05, 4.69) is 15.6 Å². The standard InChI is InChI=1S/C17H15FN4O2S.C4H8O.C2H6/c1-22-7-6-12(9-22)16(24)19-8-15(23)21-17-20-14(10-25-17)11-2-4-13(18)5-3-11;1-5-4-2-3-4;1-2/h2-7,9-10H,8H2,1H3,(H,19,24)(H,20,21,23);4H,2-3H2,1H3;1-2H3. The summed E-state index contributed by atoms with van der Waals surface area (Å²) >= 11 is 1.26. The molecule has 2 aromatic heterocycles. The van der Waals surface area contributed by atoms with E-state index >= 15 is 0 Å². The maximum absolute atomic E-state index is 12.9. The summed E-state index contributed by atoms with van der Waals surface area (Å²) in [6, 6.07) is 7.62. The Morgan fingerprint density at radius 2 is 1.91 bits per heavy atom. The zero-order chi connectivity index (χ0) is 23.5. The van der Waals surface area contributed by atoms with Crippen molar-refractivity contribution in [2.24, 2.45) is 7.05 Å². The van der Waals surface area contributed by atoms with Crippen molar-refractivity contribution < 1.29 is 18.7 Å². The first-order valence-electron chi connectivity index (χ1n) is 10.4. The summed E-state index contributed by atoms with van der Waals surface area (Å²) in [6.45, 7) is 3.85. The summed E-state index contributed by atoms with van der Waals surface area (Å²) in [5.41, 5.74) is 1.90. The SMILES string of the molecule is CC.COC1CC1.Cn1ccc(C(=O)NCC(=O)Nc2nc(-c3ccc(F)cc3)cs2)c1. The number of halogens is 1. The molecule has 9 heteroatoms. The molecule has 1 aliphatic carbocycles. The van der Waals surface area contributed by atoms with E-state index in [4.69, 9.17) is 4.74 Å². The molecule has 1 aliphatic rings. The predicted octanol–water partition coefficient (Wildman–Crippen LogP) is 4.48. The first-order valence-corrected chi connectivity index (χ1v) is 11.3. The highest BCUT2D eigenvalue weighted by molar-refractivity contribution is 7.14. The summed E-state index contributed by atoms with van der Waals surface area (Å²) in [5, 5.41) is 7.36. The Hall–Kier alpha value is -3.04. The molecular formula is C23H29FN4O3S. The second-order valence-electron chi connectivity index (χ2n) is 6.78. The van der Waals surface area contributed by atoms with E-state index in [1.165, 1.54) is 36.3 Å². The highest BCUT2D eigenvalue weighted by atomic mass is 32.1. The van der Waals surface area contributed by atoms with Gasteiger partial charge in [-0.3, -0.25) is 9.59 Å². The number of carbonyl (C=O) groups is 2. The van der Waals surface area contributed by atoms with Crippen molar-refractivity contribution in [2.75, 3.05) is 19.0 Å². The minimum atomic E-state index is -0.371. The Balaban J connectivity index is 0.000000448. The molecule has 2 N–H and O–H groups in total. The fourth-order valence-electron chi connectivity index (χ4n) is 2.45. The molecule has 2 heterocycles. The summed E-state index contributed by atoms with van der Waals surface area (Å²) in [4.78, 5) is 28.1. The van der Waals surface area contributed by atoms with Gasteiger partial charge in [-0.2, -0.15) is 0 Å². The molecule has 0 saturated heterocycles. The van der Waals surface area contributed by atoms with Gasteiger partial charge in [0.25, 0.3) is 5.91 Å². The first kappa shape index (κ1) is 25.2. The zero-order valence-electron chi connectivity index (χ0n) is 18.7. The van der Waals surface area contributed by atoms with E-state index in [0.29, 0.717) is 22.5 Å². The highest BCUT2D eigenvalue weighted by Crippen LogP contribution is 2.25. The maximum atomic E-state index is 12.9. The van der Waals surface area contributed by atoms with Gasteiger partial charge in [-0.25, -0.2) is 9.37 Å². The van der Waals surface area contributed by atoms with Crippen molar-refractivity contribution in [2.45, 2.75) is 32.8 Å². The zero-order valence-corrected chi connectivity index (χ0v) is 19.5. The molecule has 0 unspecified atom stereocenters. The average Bonchev–Trinajstić information content (AvgIpc) is 3.38. The van der Waals surface area contributed by atoms with Crippen molar-refractivity contribution >= 4 is 28.3 Å². The van der Waals surface area contributed by atoms with Crippen LogP contribution < -0.4 is 10.6 Å². The van der Waals surface area contributed by atoms with Crippen molar-refractivity contribution in [3.8, 4) is 11.3 Å². The Labute approximate surface area is 191 Å². The van der Waals surface area contributed by atoms with Gasteiger partial charge in [0, 0.05) is 37.5 Å². The van der Waals surface area contributed by atoms with Crippen LogP contribution in [0.1, 0.15) is 37.0 Å². The van der Waals surface area contributed by atoms with Crippen LogP contribution in [0.25, 0.3) is 11.3 Å². The van der Waals surface area contributed by atoms with Crippen LogP contribution in [0, 0.1) is 5.82 Å². The molecule has 0 aliphatic heterocycles. The molecule has 0 bridgehead atoms. The van der Waals surface area contributed by atoms with E-state index in [-0.39, 0.29) is 24.2 Å². The van der Waals surface area contributed by atoms with Crippen molar-refractivity contribution in [3.05, 3.63) is 59.5 Å². The number of ether oxygens (including phenoxy) is 1. The lowest BCUT2D eigenvalue weighted by atomic mass is 10.2. The fraction of sp³-hybridized carbons (Fsp3) is 0.348. The molecule has 172 valence electrons. The summed E-state index contributed by atoms with van der Waals surface area (Å²) in [6.07, 6.45) is 6.63. The number of nitrogens with one attached hydrogen (secondary N) is 2. The summed E-state index contributed by atoms with van der Waals surface area (Å²) < 4.78 is 19.6. The number of benzene rings is 1. The number of thiazole rings is 1. The van der Waals surface area contributed by atoms with Gasteiger partial charge in [0.15, 0.2) is 5.13 Å². The van der Waals surface area contributed by atoms with Crippen LogP contribution >= 0.6 is 11.3 Å². The molecular weight excluding hydrogens is 431 g/mol. The number of methoxy groups -OCH3 is 1. The van der Waals surface area contributed by atoms with Crippen LogP contribution in [0.5, 0.6) is 0 Å². The Kier molecular flexibility index (Phi) is 10.0. The number of hydrogen-bond acceptors (Lipinski definition) is 5. The average molecular weight is 461 g/mol. The second-order valence-corrected chi connectivity index (χ2v) is 7.63. The highest BCUT2D eigenvalue weighted by Gasteiger charge is 2.19. The predicted molar refractivity (Wildman–Crippen MR) is 125 cm³/mol. The molecule has 4 rings (SSSR count). The number of amides is 2. The minimum Gasteiger partial charge on any atom is -0.381 e. The third kappa shape index (κ3) is 8.24. The number of rotatable bonds is 6. The van der Waals surface area contributed by atoms with E-state index in [1.807, 2.05) is 20.9 Å². The number of hydrogen-bond donors (Lipinski definition) is 2. The molecule has 0 spiro atoms. The van der Waals surface area contributed by atoms with Gasteiger partial charge in [0.05, 0.1) is 23.9 Å². The van der Waals surface area contributed by atoms with Crippen LogP contribution in [0.2, 0.25) is 0 Å². The Morgan fingerprint density at radius 3 is 2.44 bits per heavy atom. The molecule has 7 nitrogen and oxygen atoms in total. The van der Waals surface area contributed by atoms with Crippen LogP contribution in [-0.4, -0.2) is 41.1 Å². The van der Waals surface area contributed by atoms with E-state index in [0.717, 1.165) is 5.56 Å². The lowest BCUT2D eigenvalue weighted by molar-refractivity contribution is -0.115. The molecule has 1 aromatic carbocycles. The quantitative estimate of drug-likeness (QED) is 0.568. The van der Waals surface area contributed by atoms with Gasteiger partial charge >= 0.3 is 0 Å². The molecule has 0 atom stereocenters. The lowest BCUT2D eigenvalue weighted by Gasteiger charge is -2.03. The van der Waals surface area contributed by atoms with E-state index in [9.17, 15) is 14.0 Å². The fourth-order valence-corrected chi connectivity index (χ4v) is 3.19. The molecule has 0 radical (unpaired) electrons. The van der Waals surface area contributed by atoms with Gasteiger partial charge in [0.2, 0.25) is 5.91 Å². The van der Waals surface area contributed by atoms with Crippen LogP contribution in [0.4, 0.5) is 9.52 Å².